The number of nitrogens with one attached hydrogen (secondary N) is 1. The van der Waals surface area contributed by atoms with Gasteiger partial charge in [-0.2, -0.15) is 5.26 Å². The lowest BCUT2D eigenvalue weighted by Crippen LogP contribution is -2.32. The molecule has 25 heavy (non-hydrogen) atoms. The van der Waals surface area contributed by atoms with Crippen molar-refractivity contribution >= 4 is 23.2 Å². The number of benzene rings is 2. The van der Waals surface area contributed by atoms with Gasteiger partial charge in [-0.15, -0.1) is 0 Å². The molecule has 2 amide bonds. The number of nitrogens with zero attached hydrogens (tertiary/aromatic N) is 2. The maximum Gasteiger partial charge on any atom is 0.226 e. The molecule has 0 aliphatic carbocycles. The Balaban J connectivity index is 2.03. The van der Waals surface area contributed by atoms with E-state index in [1.165, 1.54) is 24.0 Å². The third-order valence-corrected chi connectivity index (χ3v) is 3.43. The standard InChI is InChI=1S/C18H15F2N3O2/c1-12(24)23(15-5-6-16(19)17(20)10-15)8-7-18(25)22-14-4-2-3-13(9-14)11-21/h2-6,9-10H,7-8H2,1H3,(H,22,25). The number of hydrogen-bond donors (Lipinski definition) is 1. The SMILES string of the molecule is CC(=O)N(CCC(=O)Nc1cccc(C#N)c1)c1ccc(F)c(F)c1. The predicted octanol–water partition coefficient (Wildman–Crippen LogP) is 3.22. The molecule has 0 saturated carbocycles. The van der Waals surface area contributed by atoms with Gasteiger partial charge in [0.15, 0.2) is 11.6 Å². The van der Waals surface area contributed by atoms with Gasteiger partial charge in [0.1, 0.15) is 0 Å². The number of amides is 2. The number of carbonyl (C=O) groups is 2. The van der Waals surface area contributed by atoms with Crippen LogP contribution in [0.4, 0.5) is 20.2 Å². The lowest BCUT2D eigenvalue weighted by atomic mass is 10.2. The molecule has 0 aliphatic heterocycles. The smallest absolute Gasteiger partial charge is 0.226 e. The van der Waals surface area contributed by atoms with Crippen LogP contribution in [0.15, 0.2) is 42.5 Å². The maximum atomic E-state index is 13.3. The Morgan fingerprint density at radius 1 is 1.16 bits per heavy atom. The first-order valence-electron chi connectivity index (χ1n) is 7.44. The molecule has 0 atom stereocenters. The number of anilines is 2. The fourth-order valence-corrected chi connectivity index (χ4v) is 2.22. The summed E-state index contributed by atoms with van der Waals surface area (Å²) in [5.41, 5.74) is 1.04. The second kappa shape index (κ2) is 8.02. The molecule has 0 radical (unpaired) electrons. The summed E-state index contributed by atoms with van der Waals surface area (Å²) in [6.45, 7) is 1.28. The molecular weight excluding hydrogens is 328 g/mol. The summed E-state index contributed by atoms with van der Waals surface area (Å²) < 4.78 is 26.4. The van der Waals surface area contributed by atoms with Crippen molar-refractivity contribution < 1.29 is 18.4 Å². The van der Waals surface area contributed by atoms with Crippen LogP contribution in [0.5, 0.6) is 0 Å². The molecule has 2 rings (SSSR count). The van der Waals surface area contributed by atoms with Crippen molar-refractivity contribution in [3.05, 3.63) is 59.7 Å². The molecule has 0 saturated heterocycles. The molecule has 2 aromatic carbocycles. The van der Waals surface area contributed by atoms with Gasteiger partial charge in [0, 0.05) is 37.3 Å². The van der Waals surface area contributed by atoms with E-state index in [-0.39, 0.29) is 24.6 Å². The zero-order valence-corrected chi connectivity index (χ0v) is 13.4. The third-order valence-electron chi connectivity index (χ3n) is 3.43. The van der Waals surface area contributed by atoms with E-state index in [0.717, 1.165) is 12.1 Å². The molecule has 7 heteroatoms. The summed E-state index contributed by atoms with van der Waals surface area (Å²) in [5, 5.41) is 11.5. The third kappa shape index (κ3) is 4.85. The van der Waals surface area contributed by atoms with E-state index < -0.39 is 17.5 Å². The van der Waals surface area contributed by atoms with Gasteiger partial charge in [-0.1, -0.05) is 6.07 Å². The highest BCUT2D eigenvalue weighted by atomic mass is 19.2. The summed E-state index contributed by atoms with van der Waals surface area (Å²) in [5.74, 6) is -2.85. The fraction of sp³-hybridized carbons (Fsp3) is 0.167. The van der Waals surface area contributed by atoms with E-state index >= 15 is 0 Å². The number of rotatable bonds is 5. The van der Waals surface area contributed by atoms with Crippen LogP contribution in [0.1, 0.15) is 18.9 Å². The van der Waals surface area contributed by atoms with Crippen molar-refractivity contribution in [2.24, 2.45) is 0 Å². The molecule has 0 unspecified atom stereocenters. The second-order valence-electron chi connectivity index (χ2n) is 5.26. The van der Waals surface area contributed by atoms with Crippen LogP contribution in [0.3, 0.4) is 0 Å². The molecule has 0 aliphatic rings. The Morgan fingerprint density at radius 3 is 2.56 bits per heavy atom. The van der Waals surface area contributed by atoms with E-state index in [1.54, 1.807) is 18.2 Å². The molecule has 2 aromatic rings. The quantitative estimate of drug-likeness (QED) is 0.906. The summed E-state index contributed by atoms with van der Waals surface area (Å²) >= 11 is 0. The van der Waals surface area contributed by atoms with Gasteiger partial charge in [-0.25, -0.2) is 8.78 Å². The molecule has 128 valence electrons. The van der Waals surface area contributed by atoms with Crippen LogP contribution in [0.2, 0.25) is 0 Å². The van der Waals surface area contributed by atoms with Crippen LogP contribution >= 0.6 is 0 Å². The molecule has 0 fully saturated rings. The monoisotopic (exact) mass is 343 g/mol. The van der Waals surface area contributed by atoms with E-state index in [4.69, 9.17) is 5.26 Å². The Morgan fingerprint density at radius 2 is 1.92 bits per heavy atom. The topological polar surface area (TPSA) is 73.2 Å². The molecule has 0 spiro atoms. The Kier molecular flexibility index (Phi) is 5.79. The van der Waals surface area contributed by atoms with Crippen LogP contribution < -0.4 is 10.2 Å². The zero-order valence-electron chi connectivity index (χ0n) is 13.4. The zero-order chi connectivity index (χ0) is 18.4. The summed E-state index contributed by atoms with van der Waals surface area (Å²) in [4.78, 5) is 25.0. The minimum Gasteiger partial charge on any atom is -0.326 e. The van der Waals surface area contributed by atoms with Crippen LogP contribution in [0, 0.1) is 23.0 Å². The highest BCUT2D eigenvalue weighted by Gasteiger charge is 2.15. The first-order valence-corrected chi connectivity index (χ1v) is 7.44. The molecule has 0 heterocycles. The minimum atomic E-state index is -1.07. The number of carbonyl (C=O) groups excluding carboxylic acids is 2. The predicted molar refractivity (Wildman–Crippen MR) is 88.8 cm³/mol. The summed E-state index contributed by atoms with van der Waals surface area (Å²) in [6.07, 6.45) is -0.0463. The van der Waals surface area contributed by atoms with Gasteiger partial charge in [0.2, 0.25) is 11.8 Å². The van der Waals surface area contributed by atoms with Gasteiger partial charge in [0.25, 0.3) is 0 Å². The first kappa shape index (κ1) is 18.1. The minimum absolute atomic E-state index is 0.00415. The van der Waals surface area contributed by atoms with Gasteiger partial charge >= 0.3 is 0 Å². The maximum absolute atomic E-state index is 13.3. The summed E-state index contributed by atoms with van der Waals surface area (Å²) in [6, 6.07) is 11.5. The van der Waals surface area contributed by atoms with Gasteiger partial charge in [0.05, 0.1) is 11.6 Å². The van der Waals surface area contributed by atoms with Crippen LogP contribution in [0.25, 0.3) is 0 Å². The van der Waals surface area contributed by atoms with Crippen LogP contribution in [-0.2, 0) is 9.59 Å². The van der Waals surface area contributed by atoms with Crippen molar-refractivity contribution in [2.75, 3.05) is 16.8 Å². The average molecular weight is 343 g/mol. The van der Waals surface area contributed by atoms with Crippen molar-refractivity contribution in [1.82, 2.24) is 0 Å². The molecule has 0 aromatic heterocycles. The van der Waals surface area contributed by atoms with E-state index in [9.17, 15) is 18.4 Å². The lowest BCUT2D eigenvalue weighted by molar-refractivity contribution is -0.117. The van der Waals surface area contributed by atoms with E-state index in [0.29, 0.717) is 11.3 Å². The normalized spacial score (nSPS) is 10.0. The molecule has 0 bridgehead atoms. The van der Waals surface area contributed by atoms with Gasteiger partial charge in [-0.3, -0.25) is 9.59 Å². The number of nitriles is 1. The average Bonchev–Trinajstić information content (AvgIpc) is 2.58. The molecular formula is C18H15F2N3O2. The molecule has 1 N–H and O–H groups in total. The Labute approximate surface area is 143 Å². The van der Waals surface area contributed by atoms with E-state index in [1.807, 2.05) is 6.07 Å². The Bertz CT molecular complexity index is 846. The highest BCUT2D eigenvalue weighted by Crippen LogP contribution is 2.19. The summed E-state index contributed by atoms with van der Waals surface area (Å²) in [7, 11) is 0. The van der Waals surface area contributed by atoms with Crippen molar-refractivity contribution in [2.45, 2.75) is 13.3 Å². The van der Waals surface area contributed by atoms with Crippen LogP contribution in [-0.4, -0.2) is 18.4 Å². The Hall–Kier alpha value is -3.27. The number of hydrogen-bond acceptors (Lipinski definition) is 3. The second-order valence-corrected chi connectivity index (χ2v) is 5.26. The highest BCUT2D eigenvalue weighted by molar-refractivity contribution is 5.94. The fourth-order valence-electron chi connectivity index (χ4n) is 2.22. The first-order chi connectivity index (χ1) is 11.9. The van der Waals surface area contributed by atoms with Crippen molar-refractivity contribution in [3.63, 3.8) is 0 Å². The van der Waals surface area contributed by atoms with Gasteiger partial charge < -0.3 is 10.2 Å². The van der Waals surface area contributed by atoms with Crippen molar-refractivity contribution in [1.29, 1.82) is 5.26 Å². The lowest BCUT2D eigenvalue weighted by Gasteiger charge is -2.21. The largest absolute Gasteiger partial charge is 0.326 e. The van der Waals surface area contributed by atoms with Gasteiger partial charge in [-0.05, 0) is 30.3 Å². The van der Waals surface area contributed by atoms with E-state index in [2.05, 4.69) is 5.32 Å². The number of halogens is 2. The molecule has 5 nitrogen and oxygen atoms in total. The van der Waals surface area contributed by atoms with Crippen molar-refractivity contribution in [3.8, 4) is 6.07 Å².